The van der Waals surface area contributed by atoms with Crippen molar-refractivity contribution >= 4 is 27.7 Å². The highest BCUT2D eigenvalue weighted by Crippen LogP contribution is 2.22. The highest BCUT2D eigenvalue weighted by molar-refractivity contribution is 9.10. The summed E-state index contributed by atoms with van der Waals surface area (Å²) in [6.45, 7) is 3.62. The Balaban J connectivity index is 1.89. The first-order valence-corrected chi connectivity index (χ1v) is 7.74. The van der Waals surface area contributed by atoms with Crippen LogP contribution in [0.15, 0.2) is 52.1 Å². The van der Waals surface area contributed by atoms with E-state index in [1.807, 2.05) is 50.2 Å². The minimum absolute atomic E-state index is 0.137. The number of nitrogens with zero attached hydrogens (tertiary/aromatic N) is 1. The molecule has 0 amide bonds. The molecule has 0 spiro atoms. The van der Waals surface area contributed by atoms with Gasteiger partial charge in [0.25, 0.3) is 0 Å². The third-order valence-corrected chi connectivity index (χ3v) is 3.57. The zero-order valence-corrected chi connectivity index (χ0v) is 14.5. The number of hydrogen-bond acceptors (Lipinski definition) is 4. The van der Waals surface area contributed by atoms with Crippen LogP contribution < -0.4 is 10.5 Å². The topological polar surface area (TPSA) is 73.9 Å². The van der Waals surface area contributed by atoms with Crippen LogP contribution in [-0.2, 0) is 9.63 Å². The Morgan fingerprint density at radius 3 is 2.52 bits per heavy atom. The van der Waals surface area contributed by atoms with Crippen LogP contribution in [0.1, 0.15) is 16.7 Å². The van der Waals surface area contributed by atoms with Gasteiger partial charge in [0.1, 0.15) is 5.75 Å². The van der Waals surface area contributed by atoms with Crippen LogP contribution in [0.25, 0.3) is 0 Å². The summed E-state index contributed by atoms with van der Waals surface area (Å²) in [6.07, 6.45) is 0. The highest BCUT2D eigenvalue weighted by atomic mass is 79.9. The summed E-state index contributed by atoms with van der Waals surface area (Å²) in [5.74, 6) is 0.126. The number of amidine groups is 1. The molecule has 0 fully saturated rings. The molecular formula is C17H17BrN2O3. The van der Waals surface area contributed by atoms with Gasteiger partial charge in [0, 0.05) is 10.0 Å². The van der Waals surface area contributed by atoms with E-state index in [-0.39, 0.29) is 12.4 Å². The molecule has 0 aliphatic rings. The smallest absolute Gasteiger partial charge is 0.372 e. The van der Waals surface area contributed by atoms with Crippen molar-refractivity contribution in [1.29, 1.82) is 0 Å². The number of carbonyl (C=O) groups excluding carboxylic acids is 1. The standard InChI is InChI=1S/C17H17BrN2O3/c1-11-3-5-13(6-4-11)17(19)20-23-16(21)10-22-15-8-7-14(18)9-12(15)2/h3-9H,10H2,1-2H3,(H2,19,20). The van der Waals surface area contributed by atoms with Crippen LogP contribution in [0.3, 0.4) is 0 Å². The van der Waals surface area contributed by atoms with Gasteiger partial charge in [-0.2, -0.15) is 0 Å². The molecule has 2 aromatic carbocycles. The van der Waals surface area contributed by atoms with Crippen molar-refractivity contribution in [1.82, 2.24) is 0 Å². The van der Waals surface area contributed by atoms with E-state index in [2.05, 4.69) is 21.1 Å². The third kappa shape index (κ3) is 5.10. The number of benzene rings is 2. The molecule has 5 nitrogen and oxygen atoms in total. The molecule has 23 heavy (non-hydrogen) atoms. The number of ether oxygens (including phenoxy) is 1. The van der Waals surface area contributed by atoms with Crippen molar-refractivity contribution in [3.05, 3.63) is 63.6 Å². The SMILES string of the molecule is Cc1ccc(/C(N)=N/OC(=O)COc2ccc(Br)cc2C)cc1. The molecule has 0 radical (unpaired) electrons. The number of rotatable bonds is 5. The Labute approximate surface area is 143 Å². The average Bonchev–Trinajstić information content (AvgIpc) is 2.52. The van der Waals surface area contributed by atoms with Gasteiger partial charge in [0.15, 0.2) is 12.4 Å². The summed E-state index contributed by atoms with van der Waals surface area (Å²) in [6, 6.07) is 12.9. The normalized spacial score (nSPS) is 11.2. The van der Waals surface area contributed by atoms with Gasteiger partial charge in [-0.3, -0.25) is 0 Å². The maximum atomic E-state index is 11.7. The number of halogens is 1. The van der Waals surface area contributed by atoms with Gasteiger partial charge >= 0.3 is 5.97 Å². The van der Waals surface area contributed by atoms with E-state index in [1.54, 1.807) is 6.07 Å². The summed E-state index contributed by atoms with van der Waals surface area (Å²) in [5, 5.41) is 3.63. The van der Waals surface area contributed by atoms with E-state index in [1.165, 1.54) is 0 Å². The molecule has 0 saturated heterocycles. The van der Waals surface area contributed by atoms with Crippen molar-refractivity contribution in [3.8, 4) is 5.75 Å². The molecule has 0 heterocycles. The molecule has 0 bridgehead atoms. The van der Waals surface area contributed by atoms with Crippen LogP contribution in [0.2, 0.25) is 0 Å². The van der Waals surface area contributed by atoms with E-state index >= 15 is 0 Å². The van der Waals surface area contributed by atoms with Crippen LogP contribution in [-0.4, -0.2) is 18.4 Å². The summed E-state index contributed by atoms with van der Waals surface area (Å²) < 4.78 is 6.35. The predicted octanol–water partition coefficient (Wildman–Crippen LogP) is 3.31. The van der Waals surface area contributed by atoms with Gasteiger partial charge in [0.05, 0.1) is 0 Å². The molecule has 6 heteroatoms. The molecule has 0 aromatic heterocycles. The average molecular weight is 377 g/mol. The van der Waals surface area contributed by atoms with Crippen LogP contribution in [0, 0.1) is 13.8 Å². The molecule has 2 rings (SSSR count). The van der Waals surface area contributed by atoms with E-state index in [9.17, 15) is 4.79 Å². The van der Waals surface area contributed by atoms with Crippen LogP contribution in [0.5, 0.6) is 5.75 Å². The van der Waals surface area contributed by atoms with Crippen LogP contribution >= 0.6 is 15.9 Å². The number of aryl methyl sites for hydroxylation is 2. The zero-order chi connectivity index (χ0) is 16.8. The van der Waals surface area contributed by atoms with Gasteiger partial charge in [-0.15, -0.1) is 0 Å². The van der Waals surface area contributed by atoms with Gasteiger partial charge in [-0.05, 0) is 37.6 Å². The van der Waals surface area contributed by atoms with Crippen molar-refractivity contribution in [2.45, 2.75) is 13.8 Å². The van der Waals surface area contributed by atoms with Gasteiger partial charge in [-0.1, -0.05) is 50.9 Å². The summed E-state index contributed by atoms with van der Waals surface area (Å²) >= 11 is 3.36. The Morgan fingerprint density at radius 2 is 1.87 bits per heavy atom. The monoisotopic (exact) mass is 376 g/mol. The quantitative estimate of drug-likeness (QED) is 0.376. The summed E-state index contributed by atoms with van der Waals surface area (Å²) in [4.78, 5) is 16.4. The lowest BCUT2D eigenvalue weighted by atomic mass is 10.1. The minimum Gasteiger partial charge on any atom is -0.482 e. The number of nitrogens with two attached hydrogens (primary N) is 1. The van der Waals surface area contributed by atoms with E-state index in [4.69, 9.17) is 15.3 Å². The lowest BCUT2D eigenvalue weighted by Crippen LogP contribution is -2.18. The molecular weight excluding hydrogens is 360 g/mol. The van der Waals surface area contributed by atoms with Gasteiger partial charge < -0.3 is 15.3 Å². The first-order valence-electron chi connectivity index (χ1n) is 6.95. The van der Waals surface area contributed by atoms with E-state index in [0.29, 0.717) is 11.3 Å². The maximum Gasteiger partial charge on any atom is 0.372 e. The van der Waals surface area contributed by atoms with Crippen molar-refractivity contribution < 1.29 is 14.4 Å². The maximum absolute atomic E-state index is 11.7. The van der Waals surface area contributed by atoms with Gasteiger partial charge in [0.2, 0.25) is 0 Å². The summed E-state index contributed by atoms with van der Waals surface area (Å²) in [5.41, 5.74) is 8.48. The van der Waals surface area contributed by atoms with E-state index in [0.717, 1.165) is 15.6 Å². The molecule has 2 N–H and O–H groups in total. The molecule has 0 atom stereocenters. The molecule has 0 unspecified atom stereocenters. The number of oxime groups is 1. The van der Waals surface area contributed by atoms with Crippen LogP contribution in [0.4, 0.5) is 0 Å². The van der Waals surface area contributed by atoms with Crippen molar-refractivity contribution in [2.75, 3.05) is 6.61 Å². The Bertz CT molecular complexity index is 727. The molecule has 0 aliphatic carbocycles. The Hall–Kier alpha value is -2.34. The number of carbonyl (C=O) groups is 1. The second-order valence-electron chi connectivity index (χ2n) is 5.00. The predicted molar refractivity (Wildman–Crippen MR) is 92.4 cm³/mol. The fourth-order valence-corrected chi connectivity index (χ4v) is 2.29. The first-order chi connectivity index (χ1) is 11.0. The fourth-order valence-electron chi connectivity index (χ4n) is 1.81. The van der Waals surface area contributed by atoms with Gasteiger partial charge in [-0.25, -0.2) is 4.79 Å². The molecule has 120 valence electrons. The summed E-state index contributed by atoms with van der Waals surface area (Å²) in [7, 11) is 0. The molecule has 0 saturated carbocycles. The Kier molecular flexibility index (Phi) is 5.76. The minimum atomic E-state index is -0.623. The second-order valence-corrected chi connectivity index (χ2v) is 5.92. The lowest BCUT2D eigenvalue weighted by molar-refractivity contribution is -0.146. The third-order valence-electron chi connectivity index (χ3n) is 3.08. The lowest BCUT2D eigenvalue weighted by Gasteiger charge is -2.07. The highest BCUT2D eigenvalue weighted by Gasteiger charge is 2.07. The Morgan fingerprint density at radius 1 is 1.17 bits per heavy atom. The van der Waals surface area contributed by atoms with Crippen molar-refractivity contribution in [2.24, 2.45) is 10.9 Å². The first kappa shape index (κ1) is 17.0. The molecule has 0 aliphatic heterocycles. The number of hydrogen-bond donors (Lipinski definition) is 1. The molecule has 2 aromatic rings. The zero-order valence-electron chi connectivity index (χ0n) is 12.9. The largest absolute Gasteiger partial charge is 0.482 e. The van der Waals surface area contributed by atoms with Crippen molar-refractivity contribution in [3.63, 3.8) is 0 Å². The van der Waals surface area contributed by atoms with E-state index < -0.39 is 5.97 Å². The second kappa shape index (κ2) is 7.78. The fraction of sp³-hybridized carbons (Fsp3) is 0.176.